The second kappa shape index (κ2) is 3.91. The van der Waals surface area contributed by atoms with E-state index in [2.05, 4.69) is 33.8 Å². The molecule has 2 aliphatic rings. The molecule has 0 spiro atoms. The molecule has 1 aromatic carbocycles. The van der Waals surface area contributed by atoms with E-state index in [9.17, 15) is 0 Å². The van der Waals surface area contributed by atoms with Crippen LogP contribution in [-0.2, 0) is 0 Å². The average Bonchev–Trinajstić information content (AvgIpc) is 2.60. The van der Waals surface area contributed by atoms with Gasteiger partial charge in [0.05, 0.1) is 0 Å². The zero-order valence-electron chi connectivity index (χ0n) is 12.5. The van der Waals surface area contributed by atoms with Gasteiger partial charge in [-0.3, -0.25) is 0 Å². The van der Waals surface area contributed by atoms with Gasteiger partial charge in [-0.2, -0.15) is 0 Å². The first-order valence-corrected chi connectivity index (χ1v) is 7.37. The lowest BCUT2D eigenvalue weighted by atomic mass is 9.70. The molecule has 0 saturated heterocycles. The fourth-order valence-corrected chi connectivity index (χ4v) is 4.32. The number of nitrogen functional groups attached to an aromatic ring is 1. The molecule has 2 N–H and O–H groups in total. The molecule has 0 aliphatic heterocycles. The van der Waals surface area contributed by atoms with E-state index in [-0.39, 0.29) is 0 Å². The number of anilines is 1. The first-order valence-electron chi connectivity index (χ1n) is 7.37. The number of rotatable bonds is 2. The lowest BCUT2D eigenvalue weighted by molar-refractivity contribution is 0.0302. The Morgan fingerprint density at radius 2 is 1.95 bits per heavy atom. The van der Waals surface area contributed by atoms with Gasteiger partial charge in [0.2, 0.25) is 0 Å². The topological polar surface area (TPSA) is 35.2 Å². The number of hydrogen-bond acceptors (Lipinski definition) is 2. The Morgan fingerprint density at radius 3 is 2.47 bits per heavy atom. The van der Waals surface area contributed by atoms with Gasteiger partial charge in [-0.25, -0.2) is 0 Å². The Bertz CT molecular complexity index is 488. The van der Waals surface area contributed by atoms with E-state index in [1.165, 1.54) is 24.8 Å². The Labute approximate surface area is 116 Å². The summed E-state index contributed by atoms with van der Waals surface area (Å²) in [6.45, 7) is 9.30. The maximum Gasteiger partial charge on any atom is 0.122 e. The van der Waals surface area contributed by atoms with E-state index in [1.807, 2.05) is 12.1 Å². The van der Waals surface area contributed by atoms with Gasteiger partial charge in [-0.05, 0) is 55.2 Å². The average molecular weight is 259 g/mol. The summed E-state index contributed by atoms with van der Waals surface area (Å²) < 4.78 is 6.33. The van der Waals surface area contributed by atoms with Crippen LogP contribution in [-0.4, -0.2) is 6.10 Å². The molecule has 1 aromatic rings. The zero-order chi connectivity index (χ0) is 13.8. The highest BCUT2D eigenvalue weighted by atomic mass is 16.5. The highest BCUT2D eigenvalue weighted by Gasteiger charge is 2.62. The molecule has 2 heteroatoms. The van der Waals surface area contributed by atoms with Crippen LogP contribution in [0.3, 0.4) is 0 Å². The van der Waals surface area contributed by atoms with Crippen LogP contribution in [0, 0.1) is 23.7 Å². The normalized spacial score (nSPS) is 35.6. The second-order valence-electron chi connectivity index (χ2n) is 7.30. The first-order chi connectivity index (χ1) is 8.83. The van der Waals surface area contributed by atoms with Crippen molar-refractivity contribution in [2.75, 3.05) is 5.73 Å². The third-order valence-electron chi connectivity index (χ3n) is 6.07. The van der Waals surface area contributed by atoms with Gasteiger partial charge in [-0.1, -0.05) is 20.8 Å². The van der Waals surface area contributed by atoms with Crippen molar-refractivity contribution in [1.82, 2.24) is 0 Å². The van der Waals surface area contributed by atoms with Crippen LogP contribution in [0.5, 0.6) is 5.75 Å². The molecule has 104 valence electrons. The van der Waals surface area contributed by atoms with Crippen molar-refractivity contribution in [3.63, 3.8) is 0 Å². The maximum atomic E-state index is 6.33. The molecule has 2 nitrogen and oxygen atoms in total. The molecule has 3 rings (SSSR count). The van der Waals surface area contributed by atoms with E-state index < -0.39 is 0 Å². The van der Waals surface area contributed by atoms with Crippen molar-refractivity contribution in [1.29, 1.82) is 0 Å². The molecule has 3 atom stereocenters. The van der Waals surface area contributed by atoms with Gasteiger partial charge in [0.25, 0.3) is 0 Å². The minimum Gasteiger partial charge on any atom is -0.490 e. The molecule has 3 unspecified atom stereocenters. The van der Waals surface area contributed by atoms with E-state index in [0.717, 1.165) is 17.4 Å². The third kappa shape index (κ3) is 1.76. The summed E-state index contributed by atoms with van der Waals surface area (Å²) in [6, 6.07) is 6.04. The van der Waals surface area contributed by atoms with Crippen molar-refractivity contribution in [2.45, 2.75) is 53.1 Å². The predicted octanol–water partition coefficient (Wildman–Crippen LogP) is 4.17. The lowest BCUT2D eigenvalue weighted by Gasteiger charge is -2.39. The quantitative estimate of drug-likeness (QED) is 0.809. The van der Waals surface area contributed by atoms with Crippen molar-refractivity contribution in [3.05, 3.63) is 23.8 Å². The number of aryl methyl sites for hydroxylation is 1. The minimum absolute atomic E-state index is 0.302. The molecular formula is C17H25NO. The summed E-state index contributed by atoms with van der Waals surface area (Å²) in [7, 11) is 0. The highest BCUT2D eigenvalue weighted by Crippen LogP contribution is 2.66. The summed E-state index contributed by atoms with van der Waals surface area (Å²) >= 11 is 0. The third-order valence-corrected chi connectivity index (χ3v) is 6.07. The minimum atomic E-state index is 0.302. The number of benzene rings is 1. The smallest absolute Gasteiger partial charge is 0.122 e. The molecule has 2 aliphatic carbocycles. The highest BCUT2D eigenvalue weighted by molar-refractivity contribution is 5.47. The first kappa shape index (κ1) is 12.8. The van der Waals surface area contributed by atoms with Crippen LogP contribution in [0.15, 0.2) is 18.2 Å². The SMILES string of the molecule is Cc1cc(N)cc(OC2CC3CCC2(C)C3(C)C)c1. The van der Waals surface area contributed by atoms with Crippen LogP contribution < -0.4 is 10.5 Å². The summed E-state index contributed by atoms with van der Waals surface area (Å²) in [5.74, 6) is 1.75. The van der Waals surface area contributed by atoms with Crippen molar-refractivity contribution in [2.24, 2.45) is 16.7 Å². The Kier molecular flexibility index (Phi) is 2.64. The summed E-state index contributed by atoms with van der Waals surface area (Å²) in [5.41, 5.74) is 8.58. The standard InChI is InChI=1S/C17H25NO/c1-11-7-13(18)10-14(8-11)19-15-9-12-5-6-17(15,4)16(12,2)3/h7-8,10,12,15H,5-6,9,18H2,1-4H3. The fourth-order valence-electron chi connectivity index (χ4n) is 4.32. The van der Waals surface area contributed by atoms with Crippen molar-refractivity contribution in [3.8, 4) is 5.75 Å². The molecule has 0 amide bonds. The molecule has 0 radical (unpaired) electrons. The Morgan fingerprint density at radius 1 is 1.21 bits per heavy atom. The summed E-state index contributed by atoms with van der Waals surface area (Å²) in [6.07, 6.45) is 4.18. The molecule has 19 heavy (non-hydrogen) atoms. The van der Waals surface area contributed by atoms with E-state index in [1.54, 1.807) is 0 Å². The van der Waals surface area contributed by atoms with Gasteiger partial charge < -0.3 is 10.5 Å². The molecule has 0 aromatic heterocycles. The van der Waals surface area contributed by atoms with Gasteiger partial charge in [0.1, 0.15) is 11.9 Å². The lowest BCUT2D eigenvalue weighted by Crippen LogP contribution is -2.38. The van der Waals surface area contributed by atoms with Crippen LogP contribution in [0.1, 0.15) is 45.6 Å². The van der Waals surface area contributed by atoms with Crippen molar-refractivity contribution < 1.29 is 4.74 Å². The summed E-state index contributed by atoms with van der Waals surface area (Å²) in [4.78, 5) is 0. The fraction of sp³-hybridized carbons (Fsp3) is 0.647. The Hall–Kier alpha value is -1.18. The zero-order valence-corrected chi connectivity index (χ0v) is 12.5. The van der Waals surface area contributed by atoms with E-state index >= 15 is 0 Å². The largest absolute Gasteiger partial charge is 0.490 e. The van der Waals surface area contributed by atoms with Gasteiger partial charge >= 0.3 is 0 Å². The van der Waals surface area contributed by atoms with E-state index in [0.29, 0.717) is 16.9 Å². The van der Waals surface area contributed by atoms with Crippen LogP contribution in [0.2, 0.25) is 0 Å². The second-order valence-corrected chi connectivity index (χ2v) is 7.30. The molecule has 0 heterocycles. The van der Waals surface area contributed by atoms with Crippen LogP contribution in [0.4, 0.5) is 5.69 Å². The molecule has 2 fully saturated rings. The number of hydrogen-bond donors (Lipinski definition) is 1. The van der Waals surface area contributed by atoms with Crippen LogP contribution in [0.25, 0.3) is 0 Å². The molecular weight excluding hydrogens is 234 g/mol. The van der Waals surface area contributed by atoms with Gasteiger partial charge in [0, 0.05) is 17.2 Å². The number of ether oxygens (including phenoxy) is 1. The number of fused-ring (bicyclic) bond motifs is 2. The molecule has 2 bridgehead atoms. The van der Waals surface area contributed by atoms with Crippen LogP contribution >= 0.6 is 0 Å². The summed E-state index contributed by atoms with van der Waals surface area (Å²) in [5, 5.41) is 0. The molecule has 2 saturated carbocycles. The monoisotopic (exact) mass is 259 g/mol. The predicted molar refractivity (Wildman–Crippen MR) is 79.2 cm³/mol. The van der Waals surface area contributed by atoms with E-state index in [4.69, 9.17) is 10.5 Å². The van der Waals surface area contributed by atoms with Gasteiger partial charge in [-0.15, -0.1) is 0 Å². The van der Waals surface area contributed by atoms with Crippen molar-refractivity contribution >= 4 is 5.69 Å². The van der Waals surface area contributed by atoms with Gasteiger partial charge in [0.15, 0.2) is 0 Å². The number of nitrogens with two attached hydrogens (primary N) is 1. The maximum absolute atomic E-state index is 6.33. The Balaban J connectivity index is 1.86.